The second-order valence-electron chi connectivity index (χ2n) is 2.42. The van der Waals surface area contributed by atoms with Crippen LogP contribution in [0.25, 0.3) is 0 Å². The van der Waals surface area contributed by atoms with Crippen molar-refractivity contribution in [3.05, 3.63) is 12.4 Å². The van der Waals surface area contributed by atoms with Crippen LogP contribution in [0.3, 0.4) is 0 Å². The molecule has 0 amide bonds. The van der Waals surface area contributed by atoms with E-state index in [-0.39, 0.29) is 5.75 Å². The second-order valence-corrected chi connectivity index (χ2v) is 2.42. The Bertz CT molecular complexity index is 209. The number of aryl methyl sites for hydroxylation is 1. The van der Waals surface area contributed by atoms with Crippen LogP contribution < -0.4 is 5.32 Å². The van der Waals surface area contributed by atoms with Crippen LogP contribution in [0.15, 0.2) is 12.4 Å². The Hall–Kier alpha value is -1.03. The van der Waals surface area contributed by atoms with Gasteiger partial charge in [-0.25, -0.2) is 0 Å². The van der Waals surface area contributed by atoms with Gasteiger partial charge in [0, 0.05) is 6.54 Å². The SMILES string of the molecule is CNCCCn1cc(O)cn1. The van der Waals surface area contributed by atoms with Gasteiger partial charge in [-0.2, -0.15) is 5.10 Å². The Labute approximate surface area is 65.8 Å². The van der Waals surface area contributed by atoms with Crippen LogP contribution in [0, 0.1) is 0 Å². The lowest BCUT2D eigenvalue weighted by atomic mass is 10.4. The zero-order chi connectivity index (χ0) is 8.10. The Morgan fingerprint density at radius 1 is 1.73 bits per heavy atom. The van der Waals surface area contributed by atoms with Gasteiger partial charge in [-0.1, -0.05) is 0 Å². The Kier molecular flexibility index (Phi) is 2.92. The van der Waals surface area contributed by atoms with Gasteiger partial charge >= 0.3 is 0 Å². The summed E-state index contributed by atoms with van der Waals surface area (Å²) in [5.74, 6) is 0.231. The molecule has 0 fully saturated rings. The smallest absolute Gasteiger partial charge is 0.153 e. The summed E-state index contributed by atoms with van der Waals surface area (Å²) in [6, 6.07) is 0. The molecule has 0 aliphatic carbocycles. The third kappa shape index (κ3) is 2.59. The number of nitrogens with zero attached hydrogens (tertiary/aromatic N) is 2. The minimum Gasteiger partial charge on any atom is -0.505 e. The van der Waals surface area contributed by atoms with Crippen molar-refractivity contribution in [2.24, 2.45) is 0 Å². The van der Waals surface area contributed by atoms with Crippen molar-refractivity contribution in [1.82, 2.24) is 15.1 Å². The van der Waals surface area contributed by atoms with Gasteiger partial charge in [0.2, 0.25) is 0 Å². The molecule has 0 aliphatic rings. The first-order valence-corrected chi connectivity index (χ1v) is 3.69. The first-order chi connectivity index (χ1) is 5.33. The Balaban J connectivity index is 2.27. The maximum atomic E-state index is 8.91. The van der Waals surface area contributed by atoms with Gasteiger partial charge in [-0.3, -0.25) is 4.68 Å². The topological polar surface area (TPSA) is 50.1 Å². The fourth-order valence-corrected chi connectivity index (χ4v) is 0.893. The molecule has 0 saturated carbocycles. The predicted octanol–water partition coefficient (Wildman–Crippen LogP) is 0.198. The van der Waals surface area contributed by atoms with E-state index in [0.717, 1.165) is 19.5 Å². The van der Waals surface area contributed by atoms with Crippen molar-refractivity contribution in [2.75, 3.05) is 13.6 Å². The minimum atomic E-state index is 0.231. The Morgan fingerprint density at radius 2 is 2.55 bits per heavy atom. The molecule has 1 aromatic rings. The van der Waals surface area contributed by atoms with E-state index in [1.807, 2.05) is 7.05 Å². The fourth-order valence-electron chi connectivity index (χ4n) is 0.893. The normalized spacial score (nSPS) is 10.3. The number of nitrogens with one attached hydrogen (secondary N) is 1. The molecule has 1 heterocycles. The van der Waals surface area contributed by atoms with Gasteiger partial charge < -0.3 is 10.4 Å². The molecule has 11 heavy (non-hydrogen) atoms. The lowest BCUT2D eigenvalue weighted by molar-refractivity contribution is 0.472. The quantitative estimate of drug-likeness (QED) is 0.611. The van der Waals surface area contributed by atoms with E-state index < -0.39 is 0 Å². The van der Waals surface area contributed by atoms with Gasteiger partial charge in [-0.05, 0) is 20.0 Å². The summed E-state index contributed by atoms with van der Waals surface area (Å²) in [6.45, 7) is 1.82. The zero-order valence-corrected chi connectivity index (χ0v) is 6.62. The van der Waals surface area contributed by atoms with Crippen LogP contribution >= 0.6 is 0 Å². The molecule has 4 heteroatoms. The van der Waals surface area contributed by atoms with Crippen LogP contribution in [0.4, 0.5) is 0 Å². The van der Waals surface area contributed by atoms with E-state index >= 15 is 0 Å². The first kappa shape index (κ1) is 8.07. The number of hydrogen-bond acceptors (Lipinski definition) is 3. The van der Waals surface area contributed by atoms with Gasteiger partial charge in [0.25, 0.3) is 0 Å². The maximum Gasteiger partial charge on any atom is 0.153 e. The average molecular weight is 155 g/mol. The summed E-state index contributed by atoms with van der Waals surface area (Å²) in [6.07, 6.45) is 4.09. The molecule has 0 saturated heterocycles. The van der Waals surface area contributed by atoms with E-state index in [2.05, 4.69) is 10.4 Å². The maximum absolute atomic E-state index is 8.91. The molecule has 0 spiro atoms. The van der Waals surface area contributed by atoms with Crippen LogP contribution in [0.1, 0.15) is 6.42 Å². The lowest BCUT2D eigenvalue weighted by Gasteiger charge is -1.98. The number of aromatic hydroxyl groups is 1. The number of hydrogen-bond donors (Lipinski definition) is 2. The molecule has 0 atom stereocenters. The zero-order valence-electron chi connectivity index (χ0n) is 6.62. The van der Waals surface area contributed by atoms with Crippen molar-refractivity contribution in [2.45, 2.75) is 13.0 Å². The highest BCUT2D eigenvalue weighted by atomic mass is 16.3. The summed E-state index contributed by atoms with van der Waals surface area (Å²) < 4.78 is 1.73. The van der Waals surface area contributed by atoms with Crippen molar-refractivity contribution in [3.63, 3.8) is 0 Å². The second kappa shape index (κ2) is 3.98. The molecular formula is C7H13N3O. The first-order valence-electron chi connectivity index (χ1n) is 3.69. The molecular weight excluding hydrogens is 142 g/mol. The molecule has 1 aromatic heterocycles. The molecule has 0 bridgehead atoms. The third-order valence-electron chi connectivity index (χ3n) is 1.43. The monoisotopic (exact) mass is 155 g/mol. The largest absolute Gasteiger partial charge is 0.505 e. The molecule has 0 radical (unpaired) electrons. The lowest BCUT2D eigenvalue weighted by Crippen LogP contribution is -2.11. The third-order valence-corrected chi connectivity index (χ3v) is 1.43. The van der Waals surface area contributed by atoms with Crippen LogP contribution in [0.5, 0.6) is 5.75 Å². The standard InChI is InChI=1S/C7H13N3O/c1-8-3-2-4-10-6-7(11)5-9-10/h5-6,8,11H,2-4H2,1H3. The summed E-state index contributed by atoms with van der Waals surface area (Å²) in [5, 5.41) is 15.9. The van der Waals surface area contributed by atoms with Crippen molar-refractivity contribution < 1.29 is 5.11 Å². The van der Waals surface area contributed by atoms with Crippen molar-refractivity contribution in [3.8, 4) is 5.75 Å². The van der Waals surface area contributed by atoms with Gasteiger partial charge in [-0.15, -0.1) is 0 Å². The van der Waals surface area contributed by atoms with E-state index in [1.54, 1.807) is 10.9 Å². The molecule has 1 rings (SSSR count). The highest BCUT2D eigenvalue weighted by Crippen LogP contribution is 2.03. The van der Waals surface area contributed by atoms with Gasteiger partial charge in [0.05, 0.1) is 12.4 Å². The van der Waals surface area contributed by atoms with Gasteiger partial charge in [0.1, 0.15) is 0 Å². The summed E-state index contributed by atoms with van der Waals surface area (Å²) in [4.78, 5) is 0. The van der Waals surface area contributed by atoms with Crippen LogP contribution in [-0.4, -0.2) is 28.5 Å². The summed E-state index contributed by atoms with van der Waals surface area (Å²) in [5.41, 5.74) is 0. The van der Waals surface area contributed by atoms with E-state index in [0.29, 0.717) is 0 Å². The van der Waals surface area contributed by atoms with Crippen molar-refractivity contribution in [1.29, 1.82) is 0 Å². The highest BCUT2D eigenvalue weighted by molar-refractivity contribution is 5.08. The molecule has 0 aliphatic heterocycles. The predicted molar refractivity (Wildman–Crippen MR) is 42.4 cm³/mol. The number of rotatable bonds is 4. The van der Waals surface area contributed by atoms with E-state index in [9.17, 15) is 0 Å². The Morgan fingerprint density at radius 3 is 3.09 bits per heavy atom. The van der Waals surface area contributed by atoms with Gasteiger partial charge in [0.15, 0.2) is 5.75 Å². The van der Waals surface area contributed by atoms with Crippen LogP contribution in [-0.2, 0) is 6.54 Å². The summed E-state index contributed by atoms with van der Waals surface area (Å²) >= 11 is 0. The van der Waals surface area contributed by atoms with E-state index in [4.69, 9.17) is 5.11 Å². The highest BCUT2D eigenvalue weighted by Gasteiger charge is 1.93. The van der Waals surface area contributed by atoms with Crippen LogP contribution in [0.2, 0.25) is 0 Å². The molecule has 62 valence electrons. The molecule has 4 nitrogen and oxygen atoms in total. The molecule has 2 N–H and O–H groups in total. The van der Waals surface area contributed by atoms with Crippen molar-refractivity contribution >= 4 is 0 Å². The van der Waals surface area contributed by atoms with E-state index in [1.165, 1.54) is 6.20 Å². The molecule has 0 aromatic carbocycles. The minimum absolute atomic E-state index is 0.231. The summed E-state index contributed by atoms with van der Waals surface area (Å²) in [7, 11) is 1.92. The molecule has 0 unspecified atom stereocenters. The number of aromatic nitrogens is 2. The average Bonchev–Trinajstić information content (AvgIpc) is 2.37. The fraction of sp³-hybridized carbons (Fsp3) is 0.571.